The van der Waals surface area contributed by atoms with Crippen LogP contribution in [0, 0.1) is 28.1 Å². The zero-order chi connectivity index (χ0) is 26.4. The van der Waals surface area contributed by atoms with Crippen LogP contribution in [-0.4, -0.2) is 54.9 Å². The molecule has 10 nitrogen and oxygen atoms in total. The summed E-state index contributed by atoms with van der Waals surface area (Å²) in [6, 6.07) is 15.1. The Morgan fingerprint density at radius 2 is 1.84 bits per heavy atom. The zero-order valence-corrected chi connectivity index (χ0v) is 21.2. The molecule has 0 radical (unpaired) electrons. The maximum Gasteiger partial charge on any atom is 0.320 e. The molecular weight excluding hydrogens is 492 g/mol. The molecule has 0 unspecified atom stereocenters. The first kappa shape index (κ1) is 24.4. The maximum absolute atomic E-state index is 10.2. The van der Waals surface area contributed by atoms with Gasteiger partial charge >= 0.3 is 6.01 Å². The summed E-state index contributed by atoms with van der Waals surface area (Å²) in [5, 5.41) is 29.5. The average Bonchev–Trinajstić information content (AvgIpc) is 3.24. The minimum atomic E-state index is -1.09. The number of benzene rings is 1. The molecule has 11 heteroatoms. The van der Waals surface area contributed by atoms with Crippen LogP contribution < -0.4 is 9.64 Å². The lowest BCUT2D eigenvalue weighted by molar-refractivity contribution is 0.0251. The van der Waals surface area contributed by atoms with Gasteiger partial charge in [-0.15, -0.1) is 0 Å². The summed E-state index contributed by atoms with van der Waals surface area (Å²) in [5.41, 5.74) is 1.11. The minimum Gasteiger partial charge on any atom is -0.460 e. The van der Waals surface area contributed by atoms with Gasteiger partial charge < -0.3 is 14.7 Å². The molecule has 3 aromatic heterocycles. The second-order valence-corrected chi connectivity index (χ2v) is 10.4. The van der Waals surface area contributed by atoms with E-state index in [4.69, 9.17) is 21.3 Å². The fourth-order valence-electron chi connectivity index (χ4n) is 4.09. The van der Waals surface area contributed by atoms with Gasteiger partial charge in [-0.05, 0) is 57.2 Å². The van der Waals surface area contributed by atoms with Crippen LogP contribution in [-0.2, 0) is 0 Å². The average molecular weight is 515 g/mol. The Balaban J connectivity index is 1.74. The second-order valence-electron chi connectivity index (χ2n) is 9.92. The van der Waals surface area contributed by atoms with Crippen molar-refractivity contribution in [1.82, 2.24) is 24.5 Å². The molecule has 0 atom stereocenters. The summed E-state index contributed by atoms with van der Waals surface area (Å²) in [7, 11) is 0. The van der Waals surface area contributed by atoms with Crippen molar-refractivity contribution in [3.63, 3.8) is 0 Å². The normalized spacial score (nSPS) is 14.6. The lowest BCUT2D eigenvalue weighted by Crippen LogP contribution is -2.54. The fraction of sp³-hybridized carbons (Fsp3) is 0.308. The maximum atomic E-state index is 10.2. The molecule has 5 rings (SSSR count). The Labute approximate surface area is 218 Å². The second kappa shape index (κ2) is 9.00. The summed E-state index contributed by atoms with van der Waals surface area (Å²) in [5.74, 6) is 1.06. The molecule has 0 aliphatic carbocycles. The van der Waals surface area contributed by atoms with E-state index in [0.717, 1.165) is 5.69 Å². The Bertz CT molecular complexity index is 1550. The number of halogens is 1. The highest BCUT2D eigenvalue weighted by Crippen LogP contribution is 2.38. The Kier molecular flexibility index (Phi) is 5.95. The monoisotopic (exact) mass is 514 g/mol. The highest BCUT2D eigenvalue weighted by atomic mass is 35.5. The van der Waals surface area contributed by atoms with Gasteiger partial charge in [0.15, 0.2) is 17.0 Å². The van der Waals surface area contributed by atoms with E-state index >= 15 is 0 Å². The number of anilines is 1. The van der Waals surface area contributed by atoms with E-state index in [9.17, 15) is 15.6 Å². The number of hydrogen-bond donors (Lipinski definition) is 1. The first-order valence-electron chi connectivity index (χ1n) is 11.5. The van der Waals surface area contributed by atoms with Crippen molar-refractivity contribution in [2.24, 2.45) is 5.41 Å². The number of nitrogens with zero attached hydrogens (tertiary/aromatic N) is 8. The van der Waals surface area contributed by atoms with E-state index in [0.29, 0.717) is 46.5 Å². The van der Waals surface area contributed by atoms with Gasteiger partial charge in [0.2, 0.25) is 0 Å². The van der Waals surface area contributed by atoms with Crippen molar-refractivity contribution in [1.29, 1.82) is 10.5 Å². The standard InChI is InChI=1S/C26H23ClN8O2/c1-25(2,36)15-37-24-32-22(34-13-26(3,12-29)14-34)20-23(33-24)35(19-8-5-17(27)6-9-19)21(31-20)16-4-7-18(10-28)30-11-16/h4-9,11,36H,13-15H2,1-3H3. The summed E-state index contributed by atoms with van der Waals surface area (Å²) in [6.07, 6.45) is 1.58. The molecule has 1 fully saturated rings. The lowest BCUT2D eigenvalue weighted by atomic mass is 9.84. The third-order valence-electron chi connectivity index (χ3n) is 5.89. The van der Waals surface area contributed by atoms with E-state index in [1.807, 2.05) is 34.6 Å². The molecule has 1 aliphatic rings. The molecule has 4 aromatic rings. The van der Waals surface area contributed by atoms with E-state index in [-0.39, 0.29) is 18.3 Å². The number of imidazole rings is 1. The number of fused-ring (bicyclic) bond motifs is 1. The molecule has 186 valence electrons. The van der Waals surface area contributed by atoms with Gasteiger partial charge in [0.1, 0.15) is 24.2 Å². The van der Waals surface area contributed by atoms with E-state index in [2.05, 4.69) is 21.0 Å². The molecule has 0 amide bonds. The van der Waals surface area contributed by atoms with Crippen molar-refractivity contribution in [3.8, 4) is 35.2 Å². The van der Waals surface area contributed by atoms with Gasteiger partial charge in [-0.2, -0.15) is 20.5 Å². The van der Waals surface area contributed by atoms with E-state index < -0.39 is 11.0 Å². The molecule has 0 saturated carbocycles. The van der Waals surface area contributed by atoms with Crippen LogP contribution in [0.5, 0.6) is 6.01 Å². The molecule has 4 heterocycles. The highest BCUT2D eigenvalue weighted by molar-refractivity contribution is 6.30. The van der Waals surface area contributed by atoms with Gasteiger partial charge in [0, 0.05) is 35.6 Å². The highest BCUT2D eigenvalue weighted by Gasteiger charge is 2.41. The molecule has 1 saturated heterocycles. The van der Waals surface area contributed by atoms with Crippen molar-refractivity contribution in [3.05, 3.63) is 53.3 Å². The number of hydrogen-bond acceptors (Lipinski definition) is 9. The topological polar surface area (TPSA) is 137 Å². The van der Waals surface area contributed by atoms with Crippen LogP contribution in [0.2, 0.25) is 5.02 Å². The van der Waals surface area contributed by atoms with Crippen molar-refractivity contribution < 1.29 is 9.84 Å². The quantitative estimate of drug-likeness (QED) is 0.406. The molecule has 0 bridgehead atoms. The number of pyridine rings is 1. The number of rotatable bonds is 6. The Hall–Kier alpha value is -4.25. The van der Waals surface area contributed by atoms with Crippen molar-refractivity contribution >= 4 is 28.6 Å². The van der Waals surface area contributed by atoms with E-state index in [1.165, 1.54) is 0 Å². The summed E-state index contributed by atoms with van der Waals surface area (Å²) >= 11 is 6.16. The van der Waals surface area contributed by atoms with Gasteiger partial charge in [-0.1, -0.05) is 11.6 Å². The van der Waals surface area contributed by atoms with Crippen molar-refractivity contribution in [2.45, 2.75) is 26.4 Å². The third-order valence-corrected chi connectivity index (χ3v) is 6.14. The lowest BCUT2D eigenvalue weighted by Gasteiger charge is -2.44. The summed E-state index contributed by atoms with van der Waals surface area (Å²) in [4.78, 5) is 20.4. The van der Waals surface area contributed by atoms with Gasteiger partial charge in [-0.25, -0.2) is 9.97 Å². The molecule has 1 N–H and O–H groups in total. The largest absolute Gasteiger partial charge is 0.460 e. The summed E-state index contributed by atoms with van der Waals surface area (Å²) < 4.78 is 7.64. The predicted molar refractivity (Wildman–Crippen MR) is 137 cm³/mol. The van der Waals surface area contributed by atoms with Crippen molar-refractivity contribution in [2.75, 3.05) is 24.6 Å². The molecule has 1 aromatic carbocycles. The molecule has 37 heavy (non-hydrogen) atoms. The number of ether oxygens (including phenoxy) is 1. The Morgan fingerprint density at radius 1 is 1.11 bits per heavy atom. The number of nitriles is 2. The van der Waals surface area contributed by atoms with Crippen LogP contribution in [0.15, 0.2) is 42.6 Å². The minimum absolute atomic E-state index is 0.0185. The predicted octanol–water partition coefficient (Wildman–Crippen LogP) is 3.90. The molecular formula is C26H23ClN8O2. The fourth-order valence-corrected chi connectivity index (χ4v) is 4.21. The van der Waals surface area contributed by atoms with Crippen LogP contribution in [0.1, 0.15) is 26.5 Å². The van der Waals surface area contributed by atoms with Crippen LogP contribution in [0.3, 0.4) is 0 Å². The first-order valence-corrected chi connectivity index (χ1v) is 11.9. The van der Waals surface area contributed by atoms with Gasteiger partial charge in [0.05, 0.1) is 17.1 Å². The molecule has 0 spiro atoms. The SMILES string of the molecule is CC(C)(O)COc1nc(N2CC(C)(C#N)C2)c2nc(-c3ccc(C#N)nc3)n(-c3ccc(Cl)cc3)c2n1. The number of aliphatic hydroxyl groups is 1. The third kappa shape index (κ3) is 4.77. The summed E-state index contributed by atoms with van der Waals surface area (Å²) in [6.45, 7) is 6.09. The Morgan fingerprint density at radius 3 is 2.43 bits per heavy atom. The van der Waals surface area contributed by atoms with Gasteiger partial charge in [-0.3, -0.25) is 4.57 Å². The first-order chi connectivity index (χ1) is 17.6. The van der Waals surface area contributed by atoms with Crippen LogP contribution in [0.4, 0.5) is 5.82 Å². The number of aromatic nitrogens is 5. The van der Waals surface area contributed by atoms with Gasteiger partial charge in [0.25, 0.3) is 0 Å². The van der Waals surface area contributed by atoms with E-state index in [1.54, 1.807) is 44.3 Å². The zero-order valence-electron chi connectivity index (χ0n) is 20.5. The smallest absolute Gasteiger partial charge is 0.320 e. The van der Waals surface area contributed by atoms with Crippen LogP contribution >= 0.6 is 11.6 Å². The molecule has 1 aliphatic heterocycles. The van der Waals surface area contributed by atoms with Crippen LogP contribution in [0.25, 0.3) is 28.2 Å².